The lowest BCUT2D eigenvalue weighted by molar-refractivity contribution is 0.385. The average Bonchev–Trinajstić information content (AvgIpc) is 2.54. The standard InChI is InChI=1S/C10H13BrN2O2S2/c1-7(2)13(5-4-12)17(14,15)9-6-10(11)16-8(9)3/h6-7H,5H2,1-3H3. The molecule has 0 atom stereocenters. The second-order valence-corrected chi connectivity index (χ2v) is 8.27. The summed E-state index contributed by atoms with van der Waals surface area (Å²) in [4.78, 5) is 0.999. The van der Waals surface area contributed by atoms with E-state index < -0.39 is 10.0 Å². The number of nitriles is 1. The fourth-order valence-corrected chi connectivity index (χ4v) is 5.35. The first kappa shape index (κ1) is 14.6. The molecule has 17 heavy (non-hydrogen) atoms. The minimum Gasteiger partial charge on any atom is -0.207 e. The van der Waals surface area contributed by atoms with Crippen molar-refractivity contribution in [3.8, 4) is 6.07 Å². The van der Waals surface area contributed by atoms with E-state index in [1.165, 1.54) is 15.6 Å². The van der Waals surface area contributed by atoms with Gasteiger partial charge in [0.25, 0.3) is 0 Å². The Hall–Kier alpha value is -0.420. The van der Waals surface area contributed by atoms with Crippen molar-refractivity contribution in [1.29, 1.82) is 5.26 Å². The van der Waals surface area contributed by atoms with Gasteiger partial charge in [0.05, 0.1) is 14.8 Å². The summed E-state index contributed by atoms with van der Waals surface area (Å²) in [5.74, 6) is 0. The Balaban J connectivity index is 3.27. The lowest BCUT2D eigenvalue weighted by Gasteiger charge is -2.22. The van der Waals surface area contributed by atoms with Crippen LogP contribution in [0.15, 0.2) is 14.7 Å². The van der Waals surface area contributed by atoms with Crippen LogP contribution in [0, 0.1) is 18.3 Å². The van der Waals surface area contributed by atoms with Gasteiger partial charge < -0.3 is 0 Å². The Labute approximate surface area is 114 Å². The Morgan fingerprint density at radius 2 is 2.18 bits per heavy atom. The fourth-order valence-electron chi connectivity index (χ4n) is 1.43. The zero-order valence-electron chi connectivity index (χ0n) is 9.77. The minimum atomic E-state index is -3.58. The normalized spacial score (nSPS) is 12.1. The molecule has 0 spiro atoms. The van der Waals surface area contributed by atoms with Gasteiger partial charge in [-0.25, -0.2) is 8.42 Å². The monoisotopic (exact) mass is 336 g/mol. The van der Waals surface area contributed by atoms with Crippen molar-refractivity contribution in [3.05, 3.63) is 14.7 Å². The number of rotatable bonds is 4. The topological polar surface area (TPSA) is 61.2 Å². The van der Waals surface area contributed by atoms with E-state index in [-0.39, 0.29) is 17.5 Å². The van der Waals surface area contributed by atoms with Crippen LogP contribution in [-0.2, 0) is 10.0 Å². The maximum Gasteiger partial charge on any atom is 0.245 e. The SMILES string of the molecule is Cc1sc(Br)cc1S(=O)(=O)N(CC#N)C(C)C. The maximum atomic E-state index is 12.4. The molecule has 0 aliphatic carbocycles. The highest BCUT2D eigenvalue weighted by Gasteiger charge is 2.29. The van der Waals surface area contributed by atoms with E-state index in [0.717, 1.165) is 8.66 Å². The first-order valence-corrected chi connectivity index (χ1v) is 8.00. The zero-order chi connectivity index (χ0) is 13.2. The summed E-state index contributed by atoms with van der Waals surface area (Å²) in [6.45, 7) is 5.14. The van der Waals surface area contributed by atoms with Gasteiger partial charge >= 0.3 is 0 Å². The van der Waals surface area contributed by atoms with Gasteiger partial charge in [0.1, 0.15) is 6.54 Å². The molecule has 94 valence electrons. The van der Waals surface area contributed by atoms with Gasteiger partial charge in [-0.3, -0.25) is 0 Å². The molecule has 0 saturated heterocycles. The predicted molar refractivity (Wildman–Crippen MR) is 71.4 cm³/mol. The van der Waals surface area contributed by atoms with Crippen LogP contribution in [0.1, 0.15) is 18.7 Å². The Morgan fingerprint density at radius 3 is 2.53 bits per heavy atom. The highest BCUT2D eigenvalue weighted by atomic mass is 79.9. The molecule has 0 fully saturated rings. The van der Waals surface area contributed by atoms with Crippen LogP contribution < -0.4 is 0 Å². The summed E-state index contributed by atoms with van der Waals surface area (Å²) in [5.41, 5.74) is 0. The van der Waals surface area contributed by atoms with Crippen LogP contribution in [0.2, 0.25) is 0 Å². The fraction of sp³-hybridized carbons (Fsp3) is 0.500. The maximum absolute atomic E-state index is 12.4. The summed E-state index contributed by atoms with van der Waals surface area (Å²) >= 11 is 4.64. The van der Waals surface area contributed by atoms with Crippen molar-refractivity contribution in [2.45, 2.75) is 31.7 Å². The van der Waals surface area contributed by atoms with Gasteiger partial charge in [-0.05, 0) is 42.8 Å². The molecule has 0 amide bonds. The van der Waals surface area contributed by atoms with Crippen molar-refractivity contribution in [3.63, 3.8) is 0 Å². The Bertz CT molecular complexity index is 543. The number of sulfonamides is 1. The predicted octanol–water partition coefficient (Wildman–Crippen LogP) is 2.74. The van der Waals surface area contributed by atoms with E-state index in [4.69, 9.17) is 5.26 Å². The molecule has 1 rings (SSSR count). The smallest absolute Gasteiger partial charge is 0.207 e. The van der Waals surface area contributed by atoms with Crippen LogP contribution in [0.25, 0.3) is 0 Å². The molecule has 0 aliphatic heterocycles. The summed E-state index contributed by atoms with van der Waals surface area (Å²) in [6.07, 6.45) is 0. The van der Waals surface area contributed by atoms with Gasteiger partial charge in [0.2, 0.25) is 10.0 Å². The number of hydrogen-bond donors (Lipinski definition) is 0. The Kier molecular flexibility index (Phi) is 4.72. The van der Waals surface area contributed by atoms with E-state index in [2.05, 4.69) is 15.9 Å². The number of halogens is 1. The summed E-state index contributed by atoms with van der Waals surface area (Å²) < 4.78 is 26.7. The molecule has 0 radical (unpaired) electrons. The second-order valence-electron chi connectivity index (χ2n) is 3.77. The van der Waals surface area contributed by atoms with E-state index in [0.29, 0.717) is 0 Å². The van der Waals surface area contributed by atoms with Gasteiger partial charge in [-0.2, -0.15) is 9.57 Å². The zero-order valence-corrected chi connectivity index (χ0v) is 13.0. The van der Waals surface area contributed by atoms with Crippen LogP contribution in [0.5, 0.6) is 0 Å². The third-order valence-electron chi connectivity index (χ3n) is 2.23. The highest BCUT2D eigenvalue weighted by Crippen LogP contribution is 2.31. The molecular weight excluding hydrogens is 324 g/mol. The van der Waals surface area contributed by atoms with Crippen molar-refractivity contribution in [2.75, 3.05) is 6.54 Å². The third kappa shape index (κ3) is 3.07. The number of nitrogens with zero attached hydrogens (tertiary/aromatic N) is 2. The van der Waals surface area contributed by atoms with Crippen LogP contribution in [-0.4, -0.2) is 25.3 Å². The van der Waals surface area contributed by atoms with E-state index in [1.54, 1.807) is 26.8 Å². The largest absolute Gasteiger partial charge is 0.245 e. The highest BCUT2D eigenvalue weighted by molar-refractivity contribution is 9.11. The van der Waals surface area contributed by atoms with Crippen molar-refractivity contribution >= 4 is 37.3 Å². The summed E-state index contributed by atoms with van der Waals surface area (Å²) in [7, 11) is -3.58. The first-order valence-electron chi connectivity index (χ1n) is 4.95. The summed E-state index contributed by atoms with van der Waals surface area (Å²) in [6, 6.07) is 3.24. The summed E-state index contributed by atoms with van der Waals surface area (Å²) in [5, 5.41) is 8.71. The van der Waals surface area contributed by atoms with Gasteiger partial charge in [-0.15, -0.1) is 11.3 Å². The van der Waals surface area contributed by atoms with E-state index in [9.17, 15) is 8.42 Å². The molecule has 7 heteroatoms. The quantitative estimate of drug-likeness (QED) is 0.794. The molecule has 1 aromatic rings. The van der Waals surface area contributed by atoms with Crippen molar-refractivity contribution in [1.82, 2.24) is 4.31 Å². The van der Waals surface area contributed by atoms with Gasteiger partial charge in [-0.1, -0.05) is 0 Å². The van der Waals surface area contributed by atoms with Crippen LogP contribution >= 0.6 is 27.3 Å². The van der Waals surface area contributed by atoms with E-state index >= 15 is 0 Å². The number of aryl methyl sites for hydroxylation is 1. The molecular formula is C10H13BrN2O2S2. The second kappa shape index (κ2) is 5.48. The van der Waals surface area contributed by atoms with Crippen LogP contribution in [0.4, 0.5) is 0 Å². The molecule has 1 aromatic heterocycles. The number of thiophene rings is 1. The molecule has 0 saturated carbocycles. The third-order valence-corrected chi connectivity index (χ3v) is 6.06. The lowest BCUT2D eigenvalue weighted by Crippen LogP contribution is -2.37. The molecule has 0 N–H and O–H groups in total. The van der Waals surface area contributed by atoms with E-state index in [1.807, 2.05) is 6.07 Å². The van der Waals surface area contributed by atoms with Gasteiger partial charge in [0, 0.05) is 10.9 Å². The molecule has 4 nitrogen and oxygen atoms in total. The lowest BCUT2D eigenvalue weighted by atomic mass is 10.4. The van der Waals surface area contributed by atoms with Crippen molar-refractivity contribution in [2.24, 2.45) is 0 Å². The van der Waals surface area contributed by atoms with Crippen LogP contribution in [0.3, 0.4) is 0 Å². The first-order chi connectivity index (χ1) is 7.80. The van der Waals surface area contributed by atoms with Gasteiger partial charge in [0.15, 0.2) is 0 Å². The molecule has 0 aliphatic rings. The molecule has 0 bridgehead atoms. The molecule has 0 aromatic carbocycles. The number of hydrogen-bond acceptors (Lipinski definition) is 4. The van der Waals surface area contributed by atoms with Crippen molar-refractivity contribution < 1.29 is 8.42 Å². The average molecular weight is 337 g/mol. The Morgan fingerprint density at radius 1 is 1.59 bits per heavy atom. The molecule has 0 unspecified atom stereocenters. The minimum absolute atomic E-state index is 0.132. The molecule has 1 heterocycles.